The zero-order valence-electron chi connectivity index (χ0n) is 57.5. The van der Waals surface area contributed by atoms with Gasteiger partial charge >= 0.3 is 23.9 Å². The van der Waals surface area contributed by atoms with Crippen molar-refractivity contribution in [2.45, 2.75) is 75.0 Å². The molecule has 0 unspecified atom stereocenters. The molecule has 12 rings (SSSR count). The number of nitrogens with zero attached hydrogens (tertiary/aromatic N) is 4. The van der Waals surface area contributed by atoms with Crippen molar-refractivity contribution in [3.05, 3.63) is 326 Å². The SMILES string of the molecule is COC(=O)[C@@]1([C@@H](C[N+](=O)[O-])c2ccccc2)CCc2ccccc2C1=O.COC(=O)[C@@]1([C@@H](C[N+](=O)[O-])c2ccccc2)CCc2ccccc2C1=O.COC(=O)[C@@]1([C@@H](C[N+](=O)[O-])c2ccccc2)CCc2ccccc2C1=O.COC(=O)[C@@]1([C@@H](C[N+](=O)[O-])c2ccccc2)CCc2ccccc2C1=O. The van der Waals surface area contributed by atoms with E-state index in [1.54, 1.807) is 170 Å². The fourth-order valence-electron chi connectivity index (χ4n) is 15.5. The molecule has 0 N–H and O–H groups in total. The molecule has 4 aliphatic carbocycles. The van der Waals surface area contributed by atoms with E-state index in [-0.39, 0.29) is 25.7 Å². The molecule has 0 saturated carbocycles. The highest BCUT2D eigenvalue weighted by Gasteiger charge is 2.61. The van der Waals surface area contributed by atoms with Crippen LogP contribution in [0.5, 0.6) is 0 Å². The molecule has 536 valence electrons. The van der Waals surface area contributed by atoms with Gasteiger partial charge in [0.05, 0.1) is 52.1 Å². The number of methoxy groups -OCH3 is 4. The van der Waals surface area contributed by atoms with E-state index < -0.39 is 138 Å². The summed E-state index contributed by atoms with van der Waals surface area (Å²) in [5, 5.41) is 45.5. The number of nitro groups is 4. The summed E-state index contributed by atoms with van der Waals surface area (Å²) < 4.78 is 19.9. The van der Waals surface area contributed by atoms with Crippen LogP contribution < -0.4 is 0 Å². The number of carbonyl (C=O) groups excluding carboxylic acids is 8. The number of ketones is 4. The monoisotopic (exact) mass is 1410 g/mol. The number of esters is 4. The molecule has 8 atom stereocenters. The van der Waals surface area contributed by atoms with Crippen molar-refractivity contribution in [3.63, 3.8) is 0 Å². The van der Waals surface area contributed by atoms with E-state index in [2.05, 4.69) is 0 Å². The summed E-state index contributed by atoms with van der Waals surface area (Å²) in [4.78, 5) is 149. The molecule has 0 fully saturated rings. The number of ether oxygens (including phenoxy) is 4. The molecule has 0 spiro atoms. The lowest BCUT2D eigenvalue weighted by atomic mass is 9.61. The highest BCUT2D eigenvalue weighted by atomic mass is 16.6. The minimum atomic E-state index is -1.60. The number of benzene rings is 8. The smallest absolute Gasteiger partial charge is 0.320 e. The van der Waals surface area contributed by atoms with Crippen LogP contribution in [0.1, 0.15) is 135 Å². The summed E-state index contributed by atoms with van der Waals surface area (Å²) >= 11 is 0. The number of carbonyl (C=O) groups is 8. The summed E-state index contributed by atoms with van der Waals surface area (Å²) in [5.74, 6) is -8.05. The second-order valence-electron chi connectivity index (χ2n) is 25.7. The van der Waals surface area contributed by atoms with Gasteiger partial charge in [-0.15, -0.1) is 0 Å². The highest BCUT2D eigenvalue weighted by molar-refractivity contribution is 6.17. The molecule has 8 aromatic rings. The second-order valence-corrected chi connectivity index (χ2v) is 25.7. The Morgan fingerprint density at radius 2 is 0.462 bits per heavy atom. The third-order valence-electron chi connectivity index (χ3n) is 20.5. The van der Waals surface area contributed by atoms with Crippen molar-refractivity contribution in [3.8, 4) is 0 Å². The Morgan fingerprint density at radius 3 is 0.625 bits per heavy atom. The second kappa shape index (κ2) is 33.6. The van der Waals surface area contributed by atoms with Crippen LogP contribution in [0.15, 0.2) is 218 Å². The molecule has 24 heteroatoms. The van der Waals surface area contributed by atoms with Crippen LogP contribution >= 0.6 is 0 Å². The third-order valence-corrected chi connectivity index (χ3v) is 20.5. The van der Waals surface area contributed by atoms with Gasteiger partial charge in [-0.1, -0.05) is 218 Å². The lowest BCUT2D eigenvalue weighted by molar-refractivity contribution is -0.485. The van der Waals surface area contributed by atoms with Crippen LogP contribution in [-0.4, -0.2) is 121 Å². The van der Waals surface area contributed by atoms with Crippen LogP contribution in [0.3, 0.4) is 0 Å². The van der Waals surface area contributed by atoms with Crippen LogP contribution in [0.2, 0.25) is 0 Å². The van der Waals surface area contributed by atoms with Gasteiger partial charge in [0.1, 0.15) is 21.7 Å². The van der Waals surface area contributed by atoms with E-state index in [1.165, 1.54) is 28.4 Å². The Balaban J connectivity index is 0.000000161. The Labute approximate surface area is 598 Å². The van der Waals surface area contributed by atoms with E-state index in [9.17, 15) is 78.8 Å². The quantitative estimate of drug-likeness (QED) is 0.0225. The van der Waals surface area contributed by atoms with E-state index in [0.717, 1.165) is 22.3 Å². The minimum Gasteiger partial charge on any atom is -0.468 e. The van der Waals surface area contributed by atoms with E-state index in [1.807, 2.05) is 48.5 Å². The minimum absolute atomic E-state index is 0.183. The topological polar surface area (TPSA) is 346 Å². The third kappa shape index (κ3) is 15.2. The van der Waals surface area contributed by atoms with E-state index in [4.69, 9.17) is 18.9 Å². The zero-order chi connectivity index (χ0) is 74.9. The summed E-state index contributed by atoms with van der Waals surface area (Å²) in [6.07, 6.45) is 2.67. The van der Waals surface area contributed by atoms with Gasteiger partial charge in [-0.05, 0) is 95.9 Å². The van der Waals surface area contributed by atoms with Crippen molar-refractivity contribution >= 4 is 47.0 Å². The maximum Gasteiger partial charge on any atom is 0.320 e. The van der Waals surface area contributed by atoms with Gasteiger partial charge in [-0.3, -0.25) is 78.8 Å². The van der Waals surface area contributed by atoms with Crippen LogP contribution in [-0.2, 0) is 63.8 Å². The standard InChI is InChI=1S/4C20H19NO5/c4*1-26-19(23)20(12-11-14-7-5-6-10-16(14)18(20)22)17(13-21(24)25)15-8-3-2-4-9-15/h4*2-10,17H,11-13H2,1H3/t4*17-,20+/m0000/s1. The van der Waals surface area contributed by atoms with Crippen molar-refractivity contribution < 1.29 is 77.0 Å². The molecule has 0 radical (unpaired) electrons. The molecule has 0 heterocycles. The maximum absolute atomic E-state index is 13.4. The highest BCUT2D eigenvalue weighted by Crippen LogP contribution is 2.52. The van der Waals surface area contributed by atoms with Crippen LogP contribution in [0.4, 0.5) is 0 Å². The van der Waals surface area contributed by atoms with Crippen molar-refractivity contribution in [1.29, 1.82) is 0 Å². The molecule has 0 aromatic heterocycles. The number of aryl methyl sites for hydroxylation is 4. The number of hydrogen-bond donors (Lipinski definition) is 0. The molecule has 104 heavy (non-hydrogen) atoms. The first-order chi connectivity index (χ1) is 50.0. The molecule has 0 saturated heterocycles. The number of rotatable bonds is 20. The van der Waals surface area contributed by atoms with Crippen molar-refractivity contribution in [1.82, 2.24) is 0 Å². The first-order valence-corrected chi connectivity index (χ1v) is 33.5. The predicted molar refractivity (Wildman–Crippen MR) is 378 cm³/mol. The van der Waals surface area contributed by atoms with Crippen molar-refractivity contribution in [2.24, 2.45) is 21.7 Å². The molecular formula is C80H76N4O20. The van der Waals surface area contributed by atoms with Gasteiger partial charge in [-0.25, -0.2) is 0 Å². The predicted octanol–water partition coefficient (Wildman–Crippen LogP) is 12.1. The molecule has 24 nitrogen and oxygen atoms in total. The number of Topliss-reactive ketones (excluding diaryl/α,β-unsaturated/α-hetero) is 4. The Bertz CT molecular complexity index is 3970. The van der Waals surface area contributed by atoms with Crippen LogP contribution in [0.25, 0.3) is 0 Å². The summed E-state index contributed by atoms with van der Waals surface area (Å²) in [7, 11) is 4.86. The molecule has 4 aliphatic rings. The largest absolute Gasteiger partial charge is 0.468 e. The van der Waals surface area contributed by atoms with Gasteiger partial charge in [0.2, 0.25) is 26.2 Å². The molecule has 0 amide bonds. The van der Waals surface area contributed by atoms with Gasteiger partial charge in [0.15, 0.2) is 23.1 Å². The fraction of sp³-hybridized carbons (Fsp3) is 0.300. The summed E-state index contributed by atoms with van der Waals surface area (Å²) in [5.41, 5.74) is 1.10. The summed E-state index contributed by atoms with van der Waals surface area (Å²) in [6.45, 7) is -2.08. The van der Waals surface area contributed by atoms with E-state index in [0.29, 0.717) is 70.2 Å². The first kappa shape index (κ1) is 76.1. The summed E-state index contributed by atoms with van der Waals surface area (Å²) in [6, 6.07) is 63.2. The van der Waals surface area contributed by atoms with Gasteiger partial charge < -0.3 is 18.9 Å². The van der Waals surface area contributed by atoms with Gasteiger partial charge in [0.25, 0.3) is 0 Å². The van der Waals surface area contributed by atoms with Gasteiger partial charge in [0, 0.05) is 41.9 Å². The van der Waals surface area contributed by atoms with E-state index >= 15 is 0 Å². The fourth-order valence-corrected chi connectivity index (χ4v) is 15.5. The number of fused-ring (bicyclic) bond motifs is 4. The molecular weight excluding hydrogens is 1340 g/mol. The normalized spacial score (nSPS) is 20.1. The number of hydrogen-bond acceptors (Lipinski definition) is 20. The maximum atomic E-state index is 13.4. The lowest BCUT2D eigenvalue weighted by Gasteiger charge is -2.38. The Kier molecular flexibility index (Phi) is 24.6. The molecule has 8 aromatic carbocycles. The van der Waals surface area contributed by atoms with Gasteiger partial charge in [-0.2, -0.15) is 0 Å². The molecule has 0 bridgehead atoms. The lowest BCUT2D eigenvalue weighted by Crippen LogP contribution is -2.50. The first-order valence-electron chi connectivity index (χ1n) is 33.5. The van der Waals surface area contributed by atoms with Crippen LogP contribution in [0, 0.1) is 62.1 Å². The van der Waals surface area contributed by atoms with Crippen molar-refractivity contribution in [2.75, 3.05) is 54.6 Å². The average molecular weight is 1410 g/mol. The molecule has 0 aliphatic heterocycles. The average Bonchev–Trinajstić information content (AvgIpc) is 0.760. The Morgan fingerprint density at radius 1 is 0.298 bits per heavy atom. The zero-order valence-corrected chi connectivity index (χ0v) is 57.5. The Hall–Kier alpha value is -12.1.